The summed E-state index contributed by atoms with van der Waals surface area (Å²) < 4.78 is 0. The average Bonchev–Trinajstić information content (AvgIpc) is 2.63. The molecular formula is C19H25ClIN5O. The zero-order valence-corrected chi connectivity index (χ0v) is 18.5. The van der Waals surface area contributed by atoms with Gasteiger partial charge in [-0.25, -0.2) is 4.99 Å². The number of aliphatic imine (C=N–C) groups is 1. The number of guanidine groups is 1. The van der Waals surface area contributed by atoms with Crippen molar-refractivity contribution in [1.82, 2.24) is 15.6 Å². The largest absolute Gasteiger partial charge is 0.357 e. The summed E-state index contributed by atoms with van der Waals surface area (Å²) in [6.45, 7) is 5.61. The van der Waals surface area contributed by atoms with Gasteiger partial charge in [-0.1, -0.05) is 23.7 Å². The lowest BCUT2D eigenvalue weighted by Gasteiger charge is -2.12. The Hall–Kier alpha value is -1.87. The molecule has 1 amide bonds. The maximum atomic E-state index is 12.1. The first-order chi connectivity index (χ1) is 12.6. The van der Waals surface area contributed by atoms with Gasteiger partial charge in [0.25, 0.3) is 0 Å². The minimum Gasteiger partial charge on any atom is -0.357 e. The normalized spacial score (nSPS) is 10.7. The number of hydrogen-bond acceptors (Lipinski definition) is 3. The van der Waals surface area contributed by atoms with Gasteiger partial charge < -0.3 is 16.0 Å². The molecule has 0 saturated carbocycles. The predicted octanol–water partition coefficient (Wildman–Crippen LogP) is 3.75. The third kappa shape index (κ3) is 8.57. The van der Waals surface area contributed by atoms with Crippen molar-refractivity contribution in [3.8, 4) is 0 Å². The number of aromatic nitrogens is 1. The molecule has 0 atom stereocenters. The Morgan fingerprint density at radius 1 is 1.22 bits per heavy atom. The number of nitrogens with one attached hydrogen (secondary N) is 3. The topological polar surface area (TPSA) is 78.4 Å². The fraction of sp³-hybridized carbons (Fsp3) is 0.316. The zero-order valence-electron chi connectivity index (χ0n) is 15.5. The maximum absolute atomic E-state index is 12.1. The summed E-state index contributed by atoms with van der Waals surface area (Å²) in [5, 5.41) is 9.66. The molecule has 0 aliphatic rings. The van der Waals surface area contributed by atoms with E-state index < -0.39 is 0 Å². The summed E-state index contributed by atoms with van der Waals surface area (Å²) in [7, 11) is 0. The minimum atomic E-state index is -0.108. The smallest absolute Gasteiger partial charge is 0.226 e. The number of benzene rings is 1. The second-order valence-electron chi connectivity index (χ2n) is 5.72. The molecule has 0 aliphatic heterocycles. The van der Waals surface area contributed by atoms with Gasteiger partial charge in [0.05, 0.1) is 22.9 Å². The van der Waals surface area contributed by atoms with Gasteiger partial charge in [-0.05, 0) is 43.7 Å². The molecule has 0 spiro atoms. The van der Waals surface area contributed by atoms with Crippen molar-refractivity contribution in [3.05, 3.63) is 58.9 Å². The van der Waals surface area contributed by atoms with Crippen LogP contribution in [0.15, 0.2) is 47.6 Å². The van der Waals surface area contributed by atoms with Crippen molar-refractivity contribution in [2.75, 3.05) is 18.4 Å². The summed E-state index contributed by atoms with van der Waals surface area (Å²) in [6, 6.07) is 11.3. The van der Waals surface area contributed by atoms with E-state index in [-0.39, 0.29) is 29.9 Å². The summed E-state index contributed by atoms with van der Waals surface area (Å²) in [5.74, 6) is 0.545. The van der Waals surface area contributed by atoms with Crippen LogP contribution in [0.4, 0.5) is 5.69 Å². The molecular weight excluding hydrogens is 477 g/mol. The van der Waals surface area contributed by atoms with Gasteiger partial charge in [0, 0.05) is 25.7 Å². The van der Waals surface area contributed by atoms with Gasteiger partial charge in [0.15, 0.2) is 5.96 Å². The van der Waals surface area contributed by atoms with E-state index in [1.807, 2.05) is 44.2 Å². The van der Waals surface area contributed by atoms with E-state index in [1.165, 1.54) is 0 Å². The first kappa shape index (κ1) is 23.2. The number of carbonyl (C=O) groups is 1. The number of amides is 1. The van der Waals surface area contributed by atoms with Crippen LogP contribution in [0.5, 0.6) is 0 Å². The Kier molecular flexibility index (Phi) is 10.7. The third-order valence-corrected chi connectivity index (χ3v) is 3.83. The van der Waals surface area contributed by atoms with Crippen LogP contribution < -0.4 is 16.0 Å². The second-order valence-corrected chi connectivity index (χ2v) is 6.13. The van der Waals surface area contributed by atoms with Gasteiger partial charge in [0.1, 0.15) is 0 Å². The van der Waals surface area contributed by atoms with Crippen LogP contribution >= 0.6 is 35.6 Å². The molecule has 0 saturated heterocycles. The lowest BCUT2D eigenvalue weighted by Crippen LogP contribution is -2.38. The van der Waals surface area contributed by atoms with Crippen LogP contribution in [-0.2, 0) is 11.3 Å². The van der Waals surface area contributed by atoms with Gasteiger partial charge >= 0.3 is 0 Å². The molecule has 1 aromatic heterocycles. The van der Waals surface area contributed by atoms with E-state index >= 15 is 0 Å². The lowest BCUT2D eigenvalue weighted by molar-refractivity contribution is -0.116. The fourth-order valence-electron chi connectivity index (χ4n) is 2.22. The number of rotatable bonds is 7. The molecule has 0 unspecified atom stereocenters. The van der Waals surface area contributed by atoms with Gasteiger partial charge in [0.2, 0.25) is 5.91 Å². The first-order valence-corrected chi connectivity index (χ1v) is 8.94. The summed E-state index contributed by atoms with van der Waals surface area (Å²) >= 11 is 6.13. The Labute approximate surface area is 182 Å². The van der Waals surface area contributed by atoms with Crippen molar-refractivity contribution in [3.63, 3.8) is 0 Å². The molecule has 0 aliphatic carbocycles. The van der Waals surface area contributed by atoms with Gasteiger partial charge in [-0.15, -0.1) is 24.0 Å². The number of pyridine rings is 1. The van der Waals surface area contributed by atoms with Crippen molar-refractivity contribution in [2.24, 2.45) is 4.99 Å². The molecule has 2 aromatic rings. The molecule has 1 aromatic carbocycles. The fourth-order valence-corrected chi connectivity index (χ4v) is 2.50. The highest BCUT2D eigenvalue weighted by Gasteiger charge is 2.06. The van der Waals surface area contributed by atoms with Gasteiger partial charge in [-0.3, -0.25) is 9.78 Å². The number of halogens is 2. The van der Waals surface area contributed by atoms with E-state index in [4.69, 9.17) is 11.6 Å². The summed E-state index contributed by atoms with van der Waals surface area (Å²) in [6.07, 6.45) is 2.05. The number of aryl methyl sites for hydroxylation is 1. The molecule has 8 heteroatoms. The number of nitrogens with zero attached hydrogens (tertiary/aromatic N) is 2. The Bertz CT molecular complexity index is 755. The highest BCUT2D eigenvalue weighted by molar-refractivity contribution is 14.0. The standard InChI is InChI=1S/C19H24ClN5O.HI/c1-3-21-19(24-13-15-6-4-5-10-22-15)23-11-9-18(26)25-17-8-7-14(2)12-16(17)20;/h4-8,10,12H,3,9,11,13H2,1-2H3,(H,25,26)(H2,21,23,24);1H. The van der Waals surface area contributed by atoms with Crippen molar-refractivity contribution < 1.29 is 4.79 Å². The predicted molar refractivity (Wildman–Crippen MR) is 122 cm³/mol. The average molecular weight is 502 g/mol. The number of carbonyl (C=O) groups excluding carboxylic acids is 1. The Morgan fingerprint density at radius 2 is 2.04 bits per heavy atom. The van der Waals surface area contributed by atoms with Crippen molar-refractivity contribution >= 4 is 53.1 Å². The molecule has 146 valence electrons. The Balaban J connectivity index is 0.00000364. The SMILES string of the molecule is CCNC(=NCc1ccccn1)NCCC(=O)Nc1ccc(C)cc1Cl.I. The molecule has 0 fully saturated rings. The van der Waals surface area contributed by atoms with E-state index in [9.17, 15) is 4.79 Å². The van der Waals surface area contributed by atoms with Crippen LogP contribution in [0.25, 0.3) is 0 Å². The summed E-state index contributed by atoms with van der Waals surface area (Å²) in [5.41, 5.74) is 2.56. The van der Waals surface area contributed by atoms with Crippen LogP contribution in [0, 0.1) is 6.92 Å². The molecule has 1 heterocycles. The van der Waals surface area contributed by atoms with Crippen LogP contribution in [0.3, 0.4) is 0 Å². The van der Waals surface area contributed by atoms with Gasteiger partial charge in [-0.2, -0.15) is 0 Å². The van der Waals surface area contributed by atoms with E-state index in [0.29, 0.717) is 36.2 Å². The molecule has 2 rings (SSSR count). The molecule has 3 N–H and O–H groups in total. The van der Waals surface area contributed by atoms with E-state index in [2.05, 4.69) is 25.9 Å². The minimum absolute atomic E-state index is 0. The Morgan fingerprint density at radius 3 is 2.70 bits per heavy atom. The molecule has 6 nitrogen and oxygen atoms in total. The maximum Gasteiger partial charge on any atom is 0.226 e. The third-order valence-electron chi connectivity index (χ3n) is 3.51. The highest BCUT2D eigenvalue weighted by Crippen LogP contribution is 2.22. The monoisotopic (exact) mass is 501 g/mol. The zero-order chi connectivity index (χ0) is 18.8. The van der Waals surface area contributed by atoms with E-state index in [0.717, 1.165) is 17.8 Å². The first-order valence-electron chi connectivity index (χ1n) is 8.56. The molecule has 0 bridgehead atoms. The highest BCUT2D eigenvalue weighted by atomic mass is 127. The lowest BCUT2D eigenvalue weighted by atomic mass is 10.2. The van der Waals surface area contributed by atoms with Crippen LogP contribution in [-0.4, -0.2) is 29.9 Å². The van der Waals surface area contributed by atoms with Crippen molar-refractivity contribution in [2.45, 2.75) is 26.8 Å². The van der Waals surface area contributed by atoms with Crippen LogP contribution in [0.2, 0.25) is 5.02 Å². The van der Waals surface area contributed by atoms with Crippen molar-refractivity contribution in [1.29, 1.82) is 0 Å². The van der Waals surface area contributed by atoms with Crippen LogP contribution in [0.1, 0.15) is 24.6 Å². The number of anilines is 1. The summed E-state index contributed by atoms with van der Waals surface area (Å²) in [4.78, 5) is 20.8. The quantitative estimate of drug-likeness (QED) is 0.307. The molecule has 27 heavy (non-hydrogen) atoms. The van der Waals surface area contributed by atoms with E-state index in [1.54, 1.807) is 12.3 Å². The molecule has 0 radical (unpaired) electrons. The second kappa shape index (κ2) is 12.5. The number of hydrogen-bond donors (Lipinski definition) is 3.